The molecule has 26 heavy (non-hydrogen) atoms. The predicted octanol–water partition coefficient (Wildman–Crippen LogP) is 1.29. The Morgan fingerprint density at radius 3 is 0.923 bits per heavy atom. The van der Waals surface area contributed by atoms with Crippen LogP contribution in [-0.4, -0.2) is 9.13 Å². The largest absolute Gasteiger partial charge is 0.277 e. The van der Waals surface area contributed by atoms with E-state index in [0.717, 1.165) is 30.7 Å². The van der Waals surface area contributed by atoms with E-state index < -0.39 is 0 Å². The van der Waals surface area contributed by atoms with E-state index in [9.17, 15) is 19.2 Å². The van der Waals surface area contributed by atoms with E-state index in [-0.39, 0.29) is 22.2 Å². The fourth-order valence-corrected chi connectivity index (χ4v) is 3.72. The van der Waals surface area contributed by atoms with Crippen LogP contribution in [0.1, 0.15) is 0 Å². The summed E-state index contributed by atoms with van der Waals surface area (Å²) in [6.07, 6.45) is 0. The fourth-order valence-electron chi connectivity index (χ4n) is 3.72. The summed E-state index contributed by atoms with van der Waals surface area (Å²) in [6.45, 7) is 0. The summed E-state index contributed by atoms with van der Waals surface area (Å²) in [5.74, 6) is 0. The van der Waals surface area contributed by atoms with Crippen LogP contribution in [0.4, 0.5) is 0 Å². The Morgan fingerprint density at radius 2 is 0.692 bits per heavy atom. The van der Waals surface area contributed by atoms with Crippen LogP contribution in [0.15, 0.2) is 55.6 Å². The Balaban J connectivity index is 1.99. The van der Waals surface area contributed by atoms with Crippen molar-refractivity contribution in [2.24, 2.45) is 14.1 Å². The number of fused-ring (bicyclic) bond motifs is 4. The lowest BCUT2D eigenvalue weighted by atomic mass is 10.00. The summed E-state index contributed by atoms with van der Waals surface area (Å²) < 4.78 is 2.20. The summed E-state index contributed by atoms with van der Waals surface area (Å²) in [5, 5.41) is 4.76. The molecule has 2 heterocycles. The maximum absolute atomic E-state index is 12.2. The minimum absolute atomic E-state index is 0.316. The smallest absolute Gasteiger partial charge is 0.261 e. The van der Waals surface area contributed by atoms with Gasteiger partial charge in [0.15, 0.2) is 0 Å². The standard InChI is InChI=1S/C20H12N2O4/c1-21-17(23)13-5-9-3-11-7-15-16(20(26)22(2)19(15)25)8-12(11)4-10(9)6-14(13)18(21)24/h3-8H,1-2H3. The number of aromatic nitrogens is 2. The first-order valence-corrected chi connectivity index (χ1v) is 8.07. The van der Waals surface area contributed by atoms with Crippen molar-refractivity contribution in [3.05, 3.63) is 77.8 Å². The van der Waals surface area contributed by atoms with E-state index in [1.807, 2.05) is 12.1 Å². The van der Waals surface area contributed by atoms with Gasteiger partial charge in [-0.3, -0.25) is 28.3 Å². The van der Waals surface area contributed by atoms with Crippen molar-refractivity contribution in [3.63, 3.8) is 0 Å². The van der Waals surface area contributed by atoms with Crippen LogP contribution in [-0.2, 0) is 14.1 Å². The summed E-state index contributed by atoms with van der Waals surface area (Å²) in [6, 6.07) is 10.6. The molecule has 5 aromatic rings. The van der Waals surface area contributed by atoms with Crippen LogP contribution in [0.5, 0.6) is 0 Å². The Kier molecular flexibility index (Phi) is 2.58. The molecular formula is C20H12N2O4. The van der Waals surface area contributed by atoms with E-state index in [4.69, 9.17) is 0 Å². The molecule has 0 fully saturated rings. The lowest BCUT2D eigenvalue weighted by Crippen LogP contribution is -2.20. The summed E-state index contributed by atoms with van der Waals surface area (Å²) in [5.41, 5.74) is -1.27. The maximum Gasteiger partial charge on any atom is 0.261 e. The van der Waals surface area contributed by atoms with Crippen LogP contribution >= 0.6 is 0 Å². The molecule has 2 aromatic heterocycles. The molecule has 6 heteroatoms. The van der Waals surface area contributed by atoms with Crippen LogP contribution in [0, 0.1) is 0 Å². The molecule has 0 N–H and O–H groups in total. The molecule has 0 unspecified atom stereocenters. The van der Waals surface area contributed by atoms with E-state index in [1.165, 1.54) is 14.1 Å². The van der Waals surface area contributed by atoms with E-state index in [0.29, 0.717) is 21.5 Å². The molecule has 3 aromatic carbocycles. The highest BCUT2D eigenvalue weighted by atomic mass is 16.2. The third-order valence-electron chi connectivity index (χ3n) is 5.21. The van der Waals surface area contributed by atoms with Gasteiger partial charge in [-0.25, -0.2) is 0 Å². The zero-order valence-corrected chi connectivity index (χ0v) is 14.0. The molecule has 0 atom stereocenters. The second-order valence-electron chi connectivity index (χ2n) is 6.68. The second-order valence-corrected chi connectivity index (χ2v) is 6.68. The number of rotatable bonds is 0. The average Bonchev–Trinajstić information content (AvgIpc) is 2.97. The zero-order chi connectivity index (χ0) is 18.3. The third-order valence-corrected chi connectivity index (χ3v) is 5.21. The Morgan fingerprint density at radius 1 is 0.462 bits per heavy atom. The molecule has 5 rings (SSSR count). The van der Waals surface area contributed by atoms with Crippen molar-refractivity contribution in [1.82, 2.24) is 9.13 Å². The number of hydrogen-bond donors (Lipinski definition) is 0. The van der Waals surface area contributed by atoms with Gasteiger partial charge >= 0.3 is 0 Å². The van der Waals surface area contributed by atoms with Crippen molar-refractivity contribution >= 4 is 43.1 Å². The Labute approximate surface area is 144 Å². The molecule has 0 amide bonds. The quantitative estimate of drug-likeness (QED) is 0.397. The molecule has 126 valence electrons. The maximum atomic E-state index is 12.2. The molecule has 0 aliphatic heterocycles. The SMILES string of the molecule is Cn1c(=O)c2cc3cc4cc5c(=O)n(C)c(=O)c5cc4cc3cc2c1=O. The number of hydrogen-bond acceptors (Lipinski definition) is 4. The molecule has 0 aliphatic rings. The van der Waals surface area contributed by atoms with Gasteiger partial charge in [-0.15, -0.1) is 0 Å². The highest BCUT2D eigenvalue weighted by Crippen LogP contribution is 2.27. The van der Waals surface area contributed by atoms with Crippen LogP contribution < -0.4 is 22.2 Å². The second kappa shape index (κ2) is 4.54. The molecular weight excluding hydrogens is 332 g/mol. The Bertz CT molecular complexity index is 1390. The van der Waals surface area contributed by atoms with E-state index >= 15 is 0 Å². The van der Waals surface area contributed by atoms with Crippen molar-refractivity contribution in [3.8, 4) is 0 Å². The average molecular weight is 344 g/mol. The molecule has 0 bridgehead atoms. The van der Waals surface area contributed by atoms with Crippen molar-refractivity contribution < 1.29 is 0 Å². The van der Waals surface area contributed by atoms with Crippen molar-refractivity contribution in [1.29, 1.82) is 0 Å². The lowest BCUT2D eigenvalue weighted by Gasteiger charge is -2.03. The van der Waals surface area contributed by atoms with Crippen LogP contribution in [0.3, 0.4) is 0 Å². The van der Waals surface area contributed by atoms with Gasteiger partial charge in [0.1, 0.15) is 0 Å². The fraction of sp³-hybridized carbons (Fsp3) is 0.100. The minimum Gasteiger partial charge on any atom is -0.277 e. The van der Waals surface area contributed by atoms with Gasteiger partial charge in [-0.1, -0.05) is 0 Å². The van der Waals surface area contributed by atoms with Gasteiger partial charge in [-0.05, 0) is 57.9 Å². The highest BCUT2D eigenvalue weighted by Gasteiger charge is 2.14. The highest BCUT2D eigenvalue weighted by molar-refractivity contribution is 6.07. The van der Waals surface area contributed by atoms with Gasteiger partial charge in [0.05, 0.1) is 21.5 Å². The van der Waals surface area contributed by atoms with Gasteiger partial charge in [0.2, 0.25) is 0 Å². The van der Waals surface area contributed by atoms with Crippen molar-refractivity contribution in [2.45, 2.75) is 0 Å². The molecule has 0 radical (unpaired) electrons. The summed E-state index contributed by atoms with van der Waals surface area (Å²) in [4.78, 5) is 48.8. The van der Waals surface area contributed by atoms with Gasteiger partial charge in [-0.2, -0.15) is 0 Å². The third kappa shape index (κ3) is 1.65. The van der Waals surface area contributed by atoms with Crippen molar-refractivity contribution in [2.75, 3.05) is 0 Å². The van der Waals surface area contributed by atoms with Gasteiger partial charge in [0, 0.05) is 14.1 Å². The molecule has 0 spiro atoms. The topological polar surface area (TPSA) is 78.1 Å². The van der Waals surface area contributed by atoms with Crippen LogP contribution in [0.25, 0.3) is 43.1 Å². The van der Waals surface area contributed by atoms with E-state index in [2.05, 4.69) is 0 Å². The summed E-state index contributed by atoms with van der Waals surface area (Å²) in [7, 11) is 2.92. The summed E-state index contributed by atoms with van der Waals surface area (Å²) >= 11 is 0. The van der Waals surface area contributed by atoms with Gasteiger partial charge < -0.3 is 0 Å². The Hall–Kier alpha value is -3.54. The predicted molar refractivity (Wildman–Crippen MR) is 102 cm³/mol. The van der Waals surface area contributed by atoms with Crippen LogP contribution in [0.2, 0.25) is 0 Å². The number of nitrogens with zero attached hydrogens (tertiary/aromatic N) is 2. The molecule has 6 nitrogen and oxygen atoms in total. The lowest BCUT2D eigenvalue weighted by molar-refractivity contribution is 0.856. The van der Waals surface area contributed by atoms with E-state index in [1.54, 1.807) is 24.3 Å². The first-order chi connectivity index (χ1) is 12.4. The van der Waals surface area contributed by atoms with Gasteiger partial charge in [0.25, 0.3) is 22.2 Å². The molecule has 0 aliphatic carbocycles. The molecule has 0 saturated carbocycles. The molecule has 0 saturated heterocycles. The normalized spacial score (nSPS) is 12.1. The minimum atomic E-state index is -0.316. The first kappa shape index (κ1) is 14.8. The first-order valence-electron chi connectivity index (χ1n) is 8.07. The number of benzene rings is 3. The zero-order valence-electron chi connectivity index (χ0n) is 14.0. The monoisotopic (exact) mass is 344 g/mol.